The first kappa shape index (κ1) is 14.9. The van der Waals surface area contributed by atoms with Crippen molar-refractivity contribution in [1.82, 2.24) is 0 Å². The maximum absolute atomic E-state index is 12.1. The first-order valence-corrected chi connectivity index (χ1v) is 7.73. The lowest BCUT2D eigenvalue weighted by atomic mass is 10.3. The number of amides is 1. The number of benzene rings is 2. The Hall–Kier alpha value is -1.45. The molecule has 0 atom stereocenters. The van der Waals surface area contributed by atoms with E-state index in [9.17, 15) is 4.79 Å². The van der Waals surface area contributed by atoms with E-state index in [0.29, 0.717) is 6.42 Å². The van der Waals surface area contributed by atoms with Gasteiger partial charge in [-0.05, 0) is 36.4 Å². The average molecular weight is 306 g/mol. The molecule has 2 aromatic carbocycles. The molecule has 0 saturated carbocycles. The first-order chi connectivity index (χ1) is 9.66. The van der Waals surface area contributed by atoms with Crippen LogP contribution in [0.1, 0.15) is 6.42 Å². The van der Waals surface area contributed by atoms with Crippen molar-refractivity contribution >= 4 is 35.0 Å². The van der Waals surface area contributed by atoms with Gasteiger partial charge in [-0.3, -0.25) is 4.79 Å². The lowest BCUT2D eigenvalue weighted by Gasteiger charge is -2.17. The van der Waals surface area contributed by atoms with Gasteiger partial charge in [-0.2, -0.15) is 0 Å². The van der Waals surface area contributed by atoms with Crippen LogP contribution < -0.4 is 4.90 Å². The molecule has 4 heteroatoms. The number of para-hydroxylation sites is 1. The van der Waals surface area contributed by atoms with Crippen molar-refractivity contribution in [2.75, 3.05) is 17.7 Å². The highest BCUT2D eigenvalue weighted by atomic mass is 35.5. The number of carbonyl (C=O) groups is 1. The largest absolute Gasteiger partial charge is 0.315 e. The topological polar surface area (TPSA) is 20.3 Å². The predicted octanol–water partition coefficient (Wildman–Crippen LogP) is 4.49. The van der Waals surface area contributed by atoms with Crippen molar-refractivity contribution < 1.29 is 4.79 Å². The molecule has 2 aromatic rings. The van der Waals surface area contributed by atoms with Gasteiger partial charge in [0.2, 0.25) is 5.91 Å². The Morgan fingerprint density at radius 2 is 1.75 bits per heavy atom. The summed E-state index contributed by atoms with van der Waals surface area (Å²) in [5.74, 6) is 0.884. The van der Waals surface area contributed by atoms with Crippen LogP contribution in [0, 0.1) is 0 Å². The summed E-state index contributed by atoms with van der Waals surface area (Å²) in [6.45, 7) is 0. The van der Waals surface area contributed by atoms with E-state index in [1.807, 2.05) is 61.6 Å². The molecule has 0 fully saturated rings. The minimum atomic E-state index is 0.123. The summed E-state index contributed by atoms with van der Waals surface area (Å²) in [5.41, 5.74) is 0.925. The smallest absolute Gasteiger partial charge is 0.227 e. The van der Waals surface area contributed by atoms with E-state index < -0.39 is 0 Å². The Balaban J connectivity index is 1.82. The number of nitrogens with zero attached hydrogens (tertiary/aromatic N) is 1. The zero-order valence-corrected chi connectivity index (χ0v) is 12.8. The van der Waals surface area contributed by atoms with Gasteiger partial charge in [0.05, 0.1) is 0 Å². The zero-order valence-electron chi connectivity index (χ0n) is 11.3. The van der Waals surface area contributed by atoms with Crippen molar-refractivity contribution in [2.45, 2.75) is 11.3 Å². The lowest BCUT2D eigenvalue weighted by Crippen LogP contribution is -2.26. The molecule has 0 saturated heterocycles. The highest BCUT2D eigenvalue weighted by Gasteiger charge is 2.10. The molecule has 0 aromatic heterocycles. The van der Waals surface area contributed by atoms with Gasteiger partial charge in [0.1, 0.15) is 0 Å². The zero-order chi connectivity index (χ0) is 14.4. The summed E-state index contributed by atoms with van der Waals surface area (Å²) < 4.78 is 0. The third kappa shape index (κ3) is 4.29. The molecule has 1 amide bonds. The Bertz CT molecular complexity index is 556. The second kappa shape index (κ2) is 7.36. The molecule has 20 heavy (non-hydrogen) atoms. The molecule has 0 aliphatic carbocycles. The van der Waals surface area contributed by atoms with Crippen LogP contribution in [0.2, 0.25) is 5.02 Å². The van der Waals surface area contributed by atoms with Crippen LogP contribution >= 0.6 is 23.4 Å². The monoisotopic (exact) mass is 305 g/mol. The van der Waals surface area contributed by atoms with Gasteiger partial charge in [-0.25, -0.2) is 0 Å². The molecule has 0 radical (unpaired) electrons. The maximum atomic E-state index is 12.1. The van der Waals surface area contributed by atoms with Crippen molar-refractivity contribution in [3.8, 4) is 0 Å². The Morgan fingerprint density at radius 3 is 2.40 bits per heavy atom. The van der Waals surface area contributed by atoms with Gasteiger partial charge in [-0.15, -0.1) is 11.8 Å². The van der Waals surface area contributed by atoms with Gasteiger partial charge in [0.15, 0.2) is 0 Å². The van der Waals surface area contributed by atoms with Gasteiger partial charge in [0.25, 0.3) is 0 Å². The van der Waals surface area contributed by atoms with Crippen molar-refractivity contribution in [1.29, 1.82) is 0 Å². The molecule has 0 aliphatic rings. The van der Waals surface area contributed by atoms with Crippen LogP contribution in [0.25, 0.3) is 0 Å². The van der Waals surface area contributed by atoms with Crippen LogP contribution in [-0.2, 0) is 4.79 Å². The maximum Gasteiger partial charge on any atom is 0.227 e. The lowest BCUT2D eigenvalue weighted by molar-refractivity contribution is -0.117. The van der Waals surface area contributed by atoms with E-state index in [2.05, 4.69) is 0 Å². The van der Waals surface area contributed by atoms with E-state index in [-0.39, 0.29) is 5.91 Å². The van der Waals surface area contributed by atoms with Crippen LogP contribution in [-0.4, -0.2) is 18.7 Å². The predicted molar refractivity (Wildman–Crippen MR) is 86.6 cm³/mol. The summed E-state index contributed by atoms with van der Waals surface area (Å²) in [7, 11) is 1.81. The van der Waals surface area contributed by atoms with Crippen LogP contribution in [0.15, 0.2) is 59.5 Å². The van der Waals surface area contributed by atoms with Crippen molar-refractivity contribution in [3.63, 3.8) is 0 Å². The SMILES string of the molecule is CN(C(=O)CCSc1ccc(Cl)cc1)c1ccccc1. The summed E-state index contributed by atoms with van der Waals surface area (Å²) in [6, 6.07) is 17.3. The molecule has 104 valence electrons. The highest BCUT2D eigenvalue weighted by Crippen LogP contribution is 2.21. The summed E-state index contributed by atoms with van der Waals surface area (Å²) in [4.78, 5) is 14.9. The van der Waals surface area contributed by atoms with Crippen molar-refractivity contribution in [2.24, 2.45) is 0 Å². The van der Waals surface area contributed by atoms with E-state index in [1.54, 1.807) is 16.7 Å². The Kier molecular flexibility index (Phi) is 5.50. The normalized spacial score (nSPS) is 10.3. The van der Waals surface area contributed by atoms with E-state index >= 15 is 0 Å². The molecule has 2 nitrogen and oxygen atoms in total. The second-order valence-corrected chi connectivity index (χ2v) is 5.95. The van der Waals surface area contributed by atoms with Gasteiger partial charge < -0.3 is 4.90 Å². The second-order valence-electron chi connectivity index (χ2n) is 4.34. The fourth-order valence-corrected chi connectivity index (χ4v) is 2.72. The van der Waals surface area contributed by atoms with Gasteiger partial charge in [0, 0.05) is 34.8 Å². The minimum absolute atomic E-state index is 0.123. The van der Waals surface area contributed by atoms with E-state index in [0.717, 1.165) is 21.4 Å². The summed E-state index contributed by atoms with van der Waals surface area (Å²) in [6.07, 6.45) is 0.513. The minimum Gasteiger partial charge on any atom is -0.315 e. The molecule has 0 aliphatic heterocycles. The third-order valence-corrected chi connectivity index (χ3v) is 4.18. The standard InChI is InChI=1S/C16H16ClNOS/c1-18(14-5-3-2-4-6-14)16(19)11-12-20-15-9-7-13(17)8-10-15/h2-10H,11-12H2,1H3. The number of hydrogen-bond donors (Lipinski definition) is 0. The number of rotatable bonds is 5. The van der Waals surface area contributed by atoms with Crippen LogP contribution in [0.5, 0.6) is 0 Å². The quantitative estimate of drug-likeness (QED) is 0.759. The van der Waals surface area contributed by atoms with Crippen molar-refractivity contribution in [3.05, 3.63) is 59.6 Å². The molecule has 0 spiro atoms. The van der Waals surface area contributed by atoms with Crippen LogP contribution in [0.3, 0.4) is 0 Å². The number of hydrogen-bond acceptors (Lipinski definition) is 2. The van der Waals surface area contributed by atoms with Gasteiger partial charge >= 0.3 is 0 Å². The third-order valence-electron chi connectivity index (χ3n) is 2.92. The fourth-order valence-electron chi connectivity index (χ4n) is 1.75. The number of halogens is 1. The molecule has 0 unspecified atom stereocenters. The summed E-state index contributed by atoms with van der Waals surface area (Å²) >= 11 is 7.50. The number of carbonyl (C=O) groups excluding carboxylic acids is 1. The van der Waals surface area contributed by atoms with Crippen LogP contribution in [0.4, 0.5) is 5.69 Å². The molecular weight excluding hydrogens is 290 g/mol. The first-order valence-electron chi connectivity index (χ1n) is 6.37. The van der Waals surface area contributed by atoms with Gasteiger partial charge in [-0.1, -0.05) is 29.8 Å². The van der Waals surface area contributed by atoms with E-state index in [4.69, 9.17) is 11.6 Å². The Labute approximate surface area is 128 Å². The van der Waals surface area contributed by atoms with E-state index in [1.165, 1.54) is 0 Å². The molecular formula is C16H16ClNOS. The molecule has 0 bridgehead atoms. The fraction of sp³-hybridized carbons (Fsp3) is 0.188. The highest BCUT2D eigenvalue weighted by molar-refractivity contribution is 7.99. The number of anilines is 1. The molecule has 0 N–H and O–H groups in total. The number of thioether (sulfide) groups is 1. The summed E-state index contributed by atoms with van der Waals surface area (Å²) in [5, 5.41) is 0.731. The molecule has 0 heterocycles. The average Bonchev–Trinajstić information content (AvgIpc) is 2.49. The Morgan fingerprint density at radius 1 is 1.10 bits per heavy atom. The molecule has 2 rings (SSSR count).